The lowest BCUT2D eigenvalue weighted by Gasteiger charge is -2.08. The van der Waals surface area contributed by atoms with Gasteiger partial charge in [-0.3, -0.25) is 10.1 Å². The van der Waals surface area contributed by atoms with Crippen LogP contribution in [0.4, 0.5) is 4.79 Å². The number of rotatable bonds is 2. The second kappa shape index (κ2) is 4.76. The minimum atomic E-state index is -0.851. The topological polar surface area (TPSA) is 72.2 Å². The quantitative estimate of drug-likeness (QED) is 0.784. The molecule has 0 spiro atoms. The van der Waals surface area contributed by atoms with E-state index < -0.39 is 16.8 Å². The zero-order valence-electron chi connectivity index (χ0n) is 7.24. The van der Waals surface area contributed by atoms with Gasteiger partial charge in [-0.25, -0.2) is 4.79 Å². The van der Waals surface area contributed by atoms with Gasteiger partial charge in [-0.15, -0.1) is 0 Å². The number of carbonyl (C=O) groups is 2. The van der Waals surface area contributed by atoms with Gasteiger partial charge in [0.05, 0.1) is 0 Å². The van der Waals surface area contributed by atoms with Gasteiger partial charge in [-0.2, -0.15) is 0 Å². The standard InChI is InChI=1S/C9H9BrN2O2/c10-7(8(13)12-9(11)14)6-4-2-1-3-5-6/h1-5,7H,(H3,11,12,13,14). The van der Waals surface area contributed by atoms with Gasteiger partial charge in [-0.05, 0) is 5.56 Å². The molecule has 0 aliphatic rings. The molecule has 1 rings (SSSR count). The average molecular weight is 257 g/mol. The molecule has 1 atom stereocenters. The fourth-order valence-electron chi connectivity index (χ4n) is 0.958. The Hall–Kier alpha value is -1.36. The molecule has 0 saturated heterocycles. The molecule has 3 N–H and O–H groups in total. The summed E-state index contributed by atoms with van der Waals surface area (Å²) in [5, 5.41) is 1.99. The number of amides is 3. The molecular formula is C9H9BrN2O2. The van der Waals surface area contributed by atoms with Gasteiger partial charge in [0.1, 0.15) is 4.83 Å². The number of benzene rings is 1. The van der Waals surface area contributed by atoms with E-state index in [-0.39, 0.29) is 0 Å². The molecule has 3 amide bonds. The van der Waals surface area contributed by atoms with Gasteiger partial charge >= 0.3 is 6.03 Å². The Labute approximate surface area is 89.6 Å². The summed E-state index contributed by atoms with van der Waals surface area (Å²) >= 11 is 3.16. The first-order valence-electron chi connectivity index (χ1n) is 3.90. The molecule has 0 heterocycles. The van der Waals surface area contributed by atoms with Crippen molar-refractivity contribution in [3.8, 4) is 0 Å². The predicted molar refractivity (Wildman–Crippen MR) is 55.8 cm³/mol. The minimum Gasteiger partial charge on any atom is -0.351 e. The van der Waals surface area contributed by atoms with Gasteiger partial charge in [0.25, 0.3) is 0 Å². The summed E-state index contributed by atoms with van der Waals surface area (Å²) < 4.78 is 0. The van der Waals surface area contributed by atoms with Crippen LogP contribution in [-0.2, 0) is 4.79 Å². The first-order valence-corrected chi connectivity index (χ1v) is 4.82. The Balaban J connectivity index is 2.71. The molecule has 14 heavy (non-hydrogen) atoms. The summed E-state index contributed by atoms with van der Waals surface area (Å²) in [6.45, 7) is 0. The Kier molecular flexibility index (Phi) is 3.64. The number of hydrogen-bond donors (Lipinski definition) is 2. The van der Waals surface area contributed by atoms with Crippen molar-refractivity contribution in [3.63, 3.8) is 0 Å². The lowest BCUT2D eigenvalue weighted by atomic mass is 10.1. The molecule has 1 aromatic carbocycles. The van der Waals surface area contributed by atoms with Gasteiger partial charge in [0, 0.05) is 0 Å². The van der Waals surface area contributed by atoms with Crippen LogP contribution in [0.5, 0.6) is 0 Å². The molecule has 0 saturated carbocycles. The fraction of sp³-hybridized carbons (Fsp3) is 0.111. The largest absolute Gasteiger partial charge is 0.351 e. The van der Waals surface area contributed by atoms with Crippen molar-refractivity contribution in [1.82, 2.24) is 5.32 Å². The number of imide groups is 1. The maximum Gasteiger partial charge on any atom is 0.318 e. The van der Waals surface area contributed by atoms with Crippen molar-refractivity contribution < 1.29 is 9.59 Å². The van der Waals surface area contributed by atoms with E-state index in [1.807, 2.05) is 11.4 Å². The highest BCUT2D eigenvalue weighted by Crippen LogP contribution is 2.21. The molecular weight excluding hydrogens is 248 g/mol. The normalized spacial score (nSPS) is 11.8. The predicted octanol–water partition coefficient (Wildman–Crippen LogP) is 1.32. The van der Waals surface area contributed by atoms with Crippen molar-refractivity contribution in [3.05, 3.63) is 35.9 Å². The van der Waals surface area contributed by atoms with E-state index >= 15 is 0 Å². The van der Waals surface area contributed by atoms with Gasteiger partial charge in [-0.1, -0.05) is 46.3 Å². The summed E-state index contributed by atoms with van der Waals surface area (Å²) in [6.07, 6.45) is 0. The summed E-state index contributed by atoms with van der Waals surface area (Å²) in [7, 11) is 0. The number of halogens is 1. The van der Waals surface area contributed by atoms with Crippen molar-refractivity contribution in [2.24, 2.45) is 5.73 Å². The second-order valence-electron chi connectivity index (χ2n) is 2.63. The fourth-order valence-corrected chi connectivity index (χ4v) is 1.38. The zero-order valence-corrected chi connectivity index (χ0v) is 8.82. The highest BCUT2D eigenvalue weighted by molar-refractivity contribution is 9.09. The minimum absolute atomic E-state index is 0.469. The van der Waals surface area contributed by atoms with E-state index in [2.05, 4.69) is 15.9 Å². The highest BCUT2D eigenvalue weighted by atomic mass is 79.9. The Morgan fingerprint density at radius 1 is 1.29 bits per heavy atom. The van der Waals surface area contributed by atoms with Crippen LogP contribution in [0.3, 0.4) is 0 Å². The van der Waals surface area contributed by atoms with E-state index in [1.54, 1.807) is 24.3 Å². The van der Waals surface area contributed by atoms with E-state index in [4.69, 9.17) is 5.73 Å². The van der Waals surface area contributed by atoms with Crippen LogP contribution in [0.25, 0.3) is 0 Å². The van der Waals surface area contributed by atoms with Crippen molar-refractivity contribution in [2.45, 2.75) is 4.83 Å². The smallest absolute Gasteiger partial charge is 0.318 e. The SMILES string of the molecule is NC(=O)NC(=O)C(Br)c1ccccc1. The van der Waals surface area contributed by atoms with Crippen molar-refractivity contribution in [2.75, 3.05) is 0 Å². The molecule has 5 heteroatoms. The van der Waals surface area contributed by atoms with Crippen LogP contribution in [0.1, 0.15) is 10.4 Å². The first kappa shape index (κ1) is 10.7. The third-order valence-corrected chi connectivity index (χ3v) is 2.51. The Bertz CT molecular complexity index is 340. The Morgan fingerprint density at radius 2 is 1.86 bits per heavy atom. The molecule has 0 bridgehead atoms. The maximum atomic E-state index is 11.3. The van der Waals surface area contributed by atoms with Crippen LogP contribution in [-0.4, -0.2) is 11.9 Å². The molecule has 0 fully saturated rings. The summed E-state index contributed by atoms with van der Waals surface area (Å²) in [5.74, 6) is -0.469. The van der Waals surface area contributed by atoms with Crippen LogP contribution in [0.2, 0.25) is 0 Å². The molecule has 0 radical (unpaired) electrons. The average Bonchev–Trinajstić information content (AvgIpc) is 2.17. The van der Waals surface area contributed by atoms with Gasteiger partial charge < -0.3 is 5.73 Å². The summed E-state index contributed by atoms with van der Waals surface area (Å²) in [6, 6.07) is 8.16. The van der Waals surface area contributed by atoms with E-state index in [0.29, 0.717) is 0 Å². The van der Waals surface area contributed by atoms with Crippen molar-refractivity contribution in [1.29, 1.82) is 0 Å². The van der Waals surface area contributed by atoms with Gasteiger partial charge in [0.15, 0.2) is 0 Å². The van der Waals surface area contributed by atoms with E-state index in [0.717, 1.165) is 5.56 Å². The summed E-state index contributed by atoms with van der Waals surface area (Å²) in [4.78, 5) is 21.2. The number of alkyl halides is 1. The number of carbonyl (C=O) groups excluding carboxylic acids is 2. The maximum absolute atomic E-state index is 11.3. The number of nitrogens with two attached hydrogens (primary N) is 1. The van der Waals surface area contributed by atoms with Crippen LogP contribution in [0.15, 0.2) is 30.3 Å². The lowest BCUT2D eigenvalue weighted by molar-refractivity contribution is -0.119. The molecule has 0 aliphatic carbocycles. The van der Waals surface area contributed by atoms with E-state index in [1.165, 1.54) is 0 Å². The number of urea groups is 1. The monoisotopic (exact) mass is 256 g/mol. The van der Waals surface area contributed by atoms with Crippen molar-refractivity contribution >= 4 is 27.9 Å². The Morgan fingerprint density at radius 3 is 2.36 bits per heavy atom. The van der Waals surface area contributed by atoms with Gasteiger partial charge in [0.2, 0.25) is 5.91 Å². The molecule has 0 aliphatic heterocycles. The third kappa shape index (κ3) is 2.85. The van der Waals surface area contributed by atoms with E-state index in [9.17, 15) is 9.59 Å². The number of hydrogen-bond acceptors (Lipinski definition) is 2. The zero-order chi connectivity index (χ0) is 10.6. The van der Waals surface area contributed by atoms with Crippen LogP contribution < -0.4 is 11.1 Å². The molecule has 1 unspecified atom stereocenters. The highest BCUT2D eigenvalue weighted by Gasteiger charge is 2.17. The number of primary amides is 1. The number of nitrogens with one attached hydrogen (secondary N) is 1. The summed E-state index contributed by atoms with van der Waals surface area (Å²) in [5.41, 5.74) is 5.59. The third-order valence-electron chi connectivity index (χ3n) is 1.57. The molecule has 74 valence electrons. The first-order chi connectivity index (χ1) is 6.61. The molecule has 1 aromatic rings. The molecule has 4 nitrogen and oxygen atoms in total. The van der Waals surface area contributed by atoms with Crippen LogP contribution in [0, 0.1) is 0 Å². The van der Waals surface area contributed by atoms with Crippen LogP contribution >= 0.6 is 15.9 Å². The second-order valence-corrected chi connectivity index (χ2v) is 3.54. The molecule has 0 aromatic heterocycles. The lowest BCUT2D eigenvalue weighted by Crippen LogP contribution is -2.36.